The molecule has 4 heterocycles. The third kappa shape index (κ3) is 4.32. The monoisotopic (exact) mass is 464 g/mol. The van der Waals surface area contributed by atoms with E-state index in [2.05, 4.69) is 16.8 Å². The zero-order chi connectivity index (χ0) is 22.9. The summed E-state index contributed by atoms with van der Waals surface area (Å²) in [5.41, 5.74) is 2.35. The van der Waals surface area contributed by atoms with Crippen LogP contribution in [0.5, 0.6) is 5.75 Å². The van der Waals surface area contributed by atoms with E-state index in [-0.39, 0.29) is 12.0 Å². The van der Waals surface area contributed by atoms with Crippen molar-refractivity contribution in [3.05, 3.63) is 70.9 Å². The van der Waals surface area contributed by atoms with Crippen LogP contribution >= 0.6 is 11.6 Å². The zero-order valence-electron chi connectivity index (χ0n) is 19.0. The average molecular weight is 465 g/mol. The Morgan fingerprint density at radius 3 is 2.73 bits per heavy atom. The number of fused-ring (bicyclic) bond motifs is 4. The first-order chi connectivity index (χ1) is 16.1. The molecule has 5 atom stereocenters. The molecule has 2 bridgehead atoms. The van der Waals surface area contributed by atoms with E-state index in [0.29, 0.717) is 16.5 Å². The van der Waals surface area contributed by atoms with Gasteiger partial charge in [0, 0.05) is 28.7 Å². The van der Waals surface area contributed by atoms with Crippen molar-refractivity contribution in [2.45, 2.75) is 38.3 Å². The average Bonchev–Trinajstić information content (AvgIpc) is 2.87. The lowest BCUT2D eigenvalue weighted by Gasteiger charge is -2.51. The number of ether oxygens (including phenoxy) is 2. The maximum absolute atomic E-state index is 13.2. The van der Waals surface area contributed by atoms with E-state index in [1.165, 1.54) is 12.8 Å². The second kappa shape index (κ2) is 9.32. The lowest BCUT2D eigenvalue weighted by Crippen LogP contribution is -2.55. The minimum atomic E-state index is -0.397. The predicted octanol–water partition coefficient (Wildman–Crippen LogP) is 5.92. The number of hydrogen-bond acceptors (Lipinski definition) is 5. The normalized spacial score (nSPS) is 25.1. The number of methoxy groups -OCH3 is 1. The standard InChI is InChI=1S/C27H29ClN2O3/c1-3-17-16-30-13-11-19(17)14-25(30)26(33-27(31)18-4-6-20(28)7-5-18)22-10-12-29-24-9-8-21(32-2)15-23(22)24/h4-10,12,15,17,19,25-26H,3,11,13-14,16H2,1-2H3/t17-,19-,25-,26-/m0/s1. The van der Waals surface area contributed by atoms with E-state index in [9.17, 15) is 4.79 Å². The minimum Gasteiger partial charge on any atom is -0.497 e. The zero-order valence-corrected chi connectivity index (χ0v) is 19.8. The van der Waals surface area contributed by atoms with Crippen molar-refractivity contribution in [3.63, 3.8) is 0 Å². The molecule has 3 saturated heterocycles. The number of nitrogens with zero attached hydrogens (tertiary/aromatic N) is 2. The van der Waals surface area contributed by atoms with Crippen LogP contribution in [0.1, 0.15) is 48.2 Å². The first kappa shape index (κ1) is 22.2. The van der Waals surface area contributed by atoms with Gasteiger partial charge in [-0.1, -0.05) is 24.9 Å². The van der Waals surface area contributed by atoms with Crippen LogP contribution in [-0.4, -0.2) is 42.1 Å². The first-order valence-corrected chi connectivity index (χ1v) is 12.1. The summed E-state index contributed by atoms with van der Waals surface area (Å²) < 4.78 is 11.8. The number of esters is 1. The van der Waals surface area contributed by atoms with Crippen LogP contribution in [0.3, 0.4) is 0 Å². The van der Waals surface area contributed by atoms with E-state index >= 15 is 0 Å². The van der Waals surface area contributed by atoms with Gasteiger partial charge in [-0.2, -0.15) is 0 Å². The third-order valence-electron chi connectivity index (χ3n) is 7.41. The molecule has 1 unspecified atom stereocenters. The molecule has 6 rings (SSSR count). The molecule has 1 aromatic heterocycles. The van der Waals surface area contributed by atoms with E-state index in [0.717, 1.165) is 47.6 Å². The third-order valence-corrected chi connectivity index (χ3v) is 7.66. The fourth-order valence-electron chi connectivity index (χ4n) is 5.60. The fraction of sp³-hybridized carbons (Fsp3) is 0.407. The lowest BCUT2D eigenvalue weighted by atomic mass is 9.72. The summed E-state index contributed by atoms with van der Waals surface area (Å²) >= 11 is 6.03. The van der Waals surface area contributed by atoms with Crippen molar-refractivity contribution in [2.24, 2.45) is 11.8 Å². The highest BCUT2D eigenvalue weighted by Crippen LogP contribution is 2.44. The largest absolute Gasteiger partial charge is 0.497 e. The topological polar surface area (TPSA) is 51.7 Å². The highest BCUT2D eigenvalue weighted by molar-refractivity contribution is 6.30. The summed E-state index contributed by atoms with van der Waals surface area (Å²) in [7, 11) is 1.66. The quantitative estimate of drug-likeness (QED) is 0.424. The van der Waals surface area contributed by atoms with Crippen LogP contribution in [0.2, 0.25) is 5.02 Å². The van der Waals surface area contributed by atoms with Crippen LogP contribution in [0.4, 0.5) is 0 Å². The Labute approximate surface area is 199 Å². The predicted molar refractivity (Wildman–Crippen MR) is 130 cm³/mol. The van der Waals surface area contributed by atoms with Crippen molar-refractivity contribution in [1.29, 1.82) is 0 Å². The van der Waals surface area contributed by atoms with Crippen molar-refractivity contribution < 1.29 is 14.3 Å². The van der Waals surface area contributed by atoms with Gasteiger partial charge in [-0.25, -0.2) is 4.79 Å². The van der Waals surface area contributed by atoms with Gasteiger partial charge in [-0.15, -0.1) is 0 Å². The molecule has 3 aromatic rings. The van der Waals surface area contributed by atoms with Crippen molar-refractivity contribution in [3.8, 4) is 5.75 Å². The van der Waals surface area contributed by atoms with Gasteiger partial charge in [0.05, 0.1) is 24.2 Å². The van der Waals surface area contributed by atoms with Gasteiger partial charge in [0.1, 0.15) is 11.9 Å². The Hall–Kier alpha value is -2.63. The Bertz CT molecular complexity index is 1150. The second-order valence-corrected chi connectivity index (χ2v) is 9.57. The molecule has 172 valence electrons. The van der Waals surface area contributed by atoms with Gasteiger partial charge in [0.2, 0.25) is 0 Å². The molecule has 33 heavy (non-hydrogen) atoms. The molecule has 0 radical (unpaired) electrons. The summed E-state index contributed by atoms with van der Waals surface area (Å²) in [4.78, 5) is 20.3. The van der Waals surface area contributed by atoms with Crippen LogP contribution < -0.4 is 4.74 Å². The first-order valence-electron chi connectivity index (χ1n) is 11.7. The van der Waals surface area contributed by atoms with E-state index in [1.54, 1.807) is 37.6 Å². The van der Waals surface area contributed by atoms with Gasteiger partial charge in [-0.3, -0.25) is 9.88 Å². The maximum atomic E-state index is 13.2. The fourth-order valence-corrected chi connectivity index (χ4v) is 5.72. The Balaban J connectivity index is 1.55. The molecule has 3 aliphatic heterocycles. The number of carbonyl (C=O) groups excluding carboxylic acids is 1. The molecule has 3 fully saturated rings. The Morgan fingerprint density at radius 1 is 1.21 bits per heavy atom. The van der Waals surface area contributed by atoms with E-state index in [4.69, 9.17) is 21.1 Å². The van der Waals surface area contributed by atoms with Gasteiger partial charge in [0.25, 0.3) is 0 Å². The molecule has 2 aromatic carbocycles. The summed E-state index contributed by atoms with van der Waals surface area (Å²) in [6, 6.07) is 14.9. The number of carbonyl (C=O) groups is 1. The molecule has 0 saturated carbocycles. The summed E-state index contributed by atoms with van der Waals surface area (Å²) in [6.07, 6.45) is 4.85. The highest BCUT2D eigenvalue weighted by Gasteiger charge is 2.44. The molecule has 3 aliphatic rings. The van der Waals surface area contributed by atoms with Gasteiger partial charge >= 0.3 is 5.97 Å². The Morgan fingerprint density at radius 2 is 2.03 bits per heavy atom. The highest BCUT2D eigenvalue weighted by atomic mass is 35.5. The Kier molecular flexibility index (Phi) is 6.26. The molecule has 5 nitrogen and oxygen atoms in total. The van der Waals surface area contributed by atoms with Crippen LogP contribution in [0.25, 0.3) is 10.9 Å². The van der Waals surface area contributed by atoms with Gasteiger partial charge in [-0.05, 0) is 79.8 Å². The number of pyridine rings is 1. The summed E-state index contributed by atoms with van der Waals surface area (Å²) in [5.74, 6) is 1.82. The number of hydrogen-bond donors (Lipinski definition) is 0. The van der Waals surface area contributed by atoms with E-state index in [1.807, 2.05) is 24.3 Å². The van der Waals surface area contributed by atoms with E-state index < -0.39 is 6.10 Å². The number of piperidine rings is 3. The van der Waals surface area contributed by atoms with Crippen LogP contribution in [-0.2, 0) is 4.74 Å². The molecule has 0 spiro atoms. The van der Waals surface area contributed by atoms with Crippen LogP contribution in [0.15, 0.2) is 54.7 Å². The number of halogens is 1. The van der Waals surface area contributed by atoms with Gasteiger partial charge < -0.3 is 9.47 Å². The minimum absolute atomic E-state index is 0.139. The van der Waals surface area contributed by atoms with Crippen molar-refractivity contribution in [2.75, 3.05) is 20.2 Å². The lowest BCUT2D eigenvalue weighted by molar-refractivity contribution is -0.0659. The van der Waals surface area contributed by atoms with Crippen molar-refractivity contribution in [1.82, 2.24) is 9.88 Å². The van der Waals surface area contributed by atoms with Crippen molar-refractivity contribution >= 4 is 28.5 Å². The molecule has 0 amide bonds. The second-order valence-electron chi connectivity index (χ2n) is 9.13. The molecule has 0 aliphatic carbocycles. The summed E-state index contributed by atoms with van der Waals surface area (Å²) in [6.45, 7) is 4.39. The van der Waals surface area contributed by atoms with Gasteiger partial charge in [0.15, 0.2) is 0 Å². The summed E-state index contributed by atoms with van der Waals surface area (Å²) in [5, 5.41) is 1.55. The molecule has 0 N–H and O–H groups in total. The maximum Gasteiger partial charge on any atom is 0.338 e. The number of rotatable bonds is 6. The molecule has 6 heteroatoms. The smallest absolute Gasteiger partial charge is 0.338 e. The molecular formula is C27H29ClN2O3. The van der Waals surface area contributed by atoms with Crippen LogP contribution in [0, 0.1) is 11.8 Å². The molecular weight excluding hydrogens is 436 g/mol. The SMILES string of the molecule is CC[C@H]1CN2CC[C@H]1C[C@H]2[C@@H](OC(=O)c1ccc(Cl)cc1)c1ccnc2ccc(OC)cc12. The number of aromatic nitrogens is 1. The number of benzene rings is 2.